The standard InChI is InChI=1S/C11H9FO6/c12-5-4-6-10(18-3-1-2-17-6)7(8(5)13)9(14)11(15)16/h4,13H,1-3H2,(H,15,16). The van der Waals surface area contributed by atoms with Gasteiger partial charge in [-0.1, -0.05) is 0 Å². The third-order valence-electron chi connectivity index (χ3n) is 2.39. The number of hydrogen-bond acceptors (Lipinski definition) is 5. The Labute approximate surface area is 101 Å². The van der Waals surface area contributed by atoms with Crippen molar-refractivity contribution in [3.63, 3.8) is 0 Å². The molecular formula is C11H9FO6. The highest BCUT2D eigenvalue weighted by atomic mass is 19.1. The van der Waals surface area contributed by atoms with Gasteiger partial charge in [0.2, 0.25) is 0 Å². The highest BCUT2D eigenvalue weighted by Gasteiger charge is 2.30. The molecule has 0 bridgehead atoms. The molecule has 1 aliphatic rings. The van der Waals surface area contributed by atoms with Gasteiger partial charge in [0.15, 0.2) is 23.1 Å². The fraction of sp³-hybridized carbons (Fsp3) is 0.273. The van der Waals surface area contributed by atoms with E-state index in [1.807, 2.05) is 0 Å². The van der Waals surface area contributed by atoms with Gasteiger partial charge in [-0.05, 0) is 0 Å². The first-order chi connectivity index (χ1) is 8.52. The molecule has 0 fully saturated rings. The molecule has 96 valence electrons. The minimum absolute atomic E-state index is 0.0904. The highest BCUT2D eigenvalue weighted by Crippen LogP contribution is 2.40. The lowest BCUT2D eigenvalue weighted by Gasteiger charge is -2.12. The first-order valence-electron chi connectivity index (χ1n) is 5.11. The zero-order valence-electron chi connectivity index (χ0n) is 9.10. The average molecular weight is 256 g/mol. The number of ketones is 1. The topological polar surface area (TPSA) is 93.1 Å². The van der Waals surface area contributed by atoms with Crippen molar-refractivity contribution >= 4 is 11.8 Å². The molecule has 2 N–H and O–H groups in total. The van der Waals surface area contributed by atoms with Gasteiger partial charge in [0.1, 0.15) is 5.56 Å². The van der Waals surface area contributed by atoms with Crippen LogP contribution in [0.15, 0.2) is 6.07 Å². The summed E-state index contributed by atoms with van der Waals surface area (Å²) in [6.45, 7) is 0.426. The lowest BCUT2D eigenvalue weighted by molar-refractivity contribution is -0.131. The molecule has 0 amide bonds. The van der Waals surface area contributed by atoms with Crippen LogP contribution in [-0.4, -0.2) is 35.2 Å². The predicted octanol–water partition coefficient (Wildman–Crippen LogP) is 0.960. The number of ether oxygens (including phenoxy) is 2. The molecule has 1 aromatic rings. The van der Waals surface area contributed by atoms with Crippen LogP contribution < -0.4 is 9.47 Å². The fourth-order valence-electron chi connectivity index (χ4n) is 1.58. The third-order valence-corrected chi connectivity index (χ3v) is 2.39. The first kappa shape index (κ1) is 12.2. The van der Waals surface area contributed by atoms with E-state index in [0.717, 1.165) is 6.07 Å². The number of carboxylic acids is 1. The lowest BCUT2D eigenvalue weighted by atomic mass is 10.1. The van der Waals surface area contributed by atoms with E-state index >= 15 is 0 Å². The largest absolute Gasteiger partial charge is 0.504 e. The van der Waals surface area contributed by atoms with Gasteiger partial charge < -0.3 is 19.7 Å². The van der Waals surface area contributed by atoms with Gasteiger partial charge in [0.05, 0.1) is 13.2 Å². The maximum absolute atomic E-state index is 13.4. The Morgan fingerprint density at radius 2 is 1.94 bits per heavy atom. The summed E-state index contributed by atoms with van der Waals surface area (Å²) in [5, 5.41) is 18.1. The Morgan fingerprint density at radius 1 is 1.28 bits per heavy atom. The molecule has 7 heteroatoms. The van der Waals surface area contributed by atoms with Gasteiger partial charge in [-0.25, -0.2) is 9.18 Å². The average Bonchev–Trinajstić information content (AvgIpc) is 2.55. The monoisotopic (exact) mass is 256 g/mol. The number of carbonyl (C=O) groups excluding carboxylic acids is 1. The van der Waals surface area contributed by atoms with Crippen molar-refractivity contribution in [3.8, 4) is 17.2 Å². The molecule has 6 nitrogen and oxygen atoms in total. The molecular weight excluding hydrogens is 247 g/mol. The molecule has 0 atom stereocenters. The van der Waals surface area contributed by atoms with Gasteiger partial charge in [0, 0.05) is 12.5 Å². The molecule has 1 aliphatic heterocycles. The van der Waals surface area contributed by atoms with Crippen molar-refractivity contribution in [1.82, 2.24) is 0 Å². The Morgan fingerprint density at radius 3 is 2.61 bits per heavy atom. The number of aromatic hydroxyl groups is 1. The van der Waals surface area contributed by atoms with Crippen LogP contribution in [0.5, 0.6) is 17.2 Å². The van der Waals surface area contributed by atoms with E-state index in [1.165, 1.54) is 0 Å². The Balaban J connectivity index is 2.65. The first-order valence-corrected chi connectivity index (χ1v) is 5.11. The maximum atomic E-state index is 13.4. The molecule has 0 radical (unpaired) electrons. The van der Waals surface area contributed by atoms with E-state index in [4.69, 9.17) is 14.6 Å². The van der Waals surface area contributed by atoms with E-state index in [9.17, 15) is 19.1 Å². The highest BCUT2D eigenvalue weighted by molar-refractivity contribution is 6.41. The number of hydrogen-bond donors (Lipinski definition) is 2. The van der Waals surface area contributed by atoms with Crippen LogP contribution in [0.1, 0.15) is 16.8 Å². The van der Waals surface area contributed by atoms with E-state index in [-0.39, 0.29) is 24.7 Å². The molecule has 0 saturated carbocycles. The zero-order valence-corrected chi connectivity index (χ0v) is 9.10. The van der Waals surface area contributed by atoms with E-state index in [2.05, 4.69) is 0 Å². The number of rotatable bonds is 2. The molecule has 0 saturated heterocycles. The Kier molecular flexibility index (Phi) is 3.05. The number of fused-ring (bicyclic) bond motifs is 1. The van der Waals surface area contributed by atoms with Crippen LogP contribution in [0.3, 0.4) is 0 Å². The van der Waals surface area contributed by atoms with Crippen LogP contribution in [0.4, 0.5) is 4.39 Å². The van der Waals surface area contributed by atoms with Crippen molar-refractivity contribution in [1.29, 1.82) is 0 Å². The van der Waals surface area contributed by atoms with Crippen molar-refractivity contribution in [2.75, 3.05) is 13.2 Å². The molecule has 0 spiro atoms. The molecule has 0 aliphatic carbocycles. The molecule has 1 heterocycles. The quantitative estimate of drug-likeness (QED) is 0.604. The van der Waals surface area contributed by atoms with Crippen LogP contribution >= 0.6 is 0 Å². The van der Waals surface area contributed by atoms with E-state index in [0.29, 0.717) is 6.42 Å². The lowest BCUT2D eigenvalue weighted by Crippen LogP contribution is -2.15. The van der Waals surface area contributed by atoms with Crippen LogP contribution in [-0.2, 0) is 4.79 Å². The molecule has 0 unspecified atom stereocenters. The minimum atomic E-state index is -1.81. The van der Waals surface area contributed by atoms with Gasteiger partial charge in [-0.3, -0.25) is 4.79 Å². The summed E-state index contributed by atoms with van der Waals surface area (Å²) < 4.78 is 23.7. The summed E-state index contributed by atoms with van der Waals surface area (Å²) in [5.41, 5.74) is -0.723. The summed E-state index contributed by atoms with van der Waals surface area (Å²) in [6.07, 6.45) is 0.498. The van der Waals surface area contributed by atoms with Gasteiger partial charge in [0.25, 0.3) is 5.78 Å². The van der Waals surface area contributed by atoms with E-state index < -0.39 is 28.9 Å². The summed E-state index contributed by atoms with van der Waals surface area (Å²) in [7, 11) is 0. The van der Waals surface area contributed by atoms with Gasteiger partial charge in [-0.2, -0.15) is 0 Å². The Hall–Kier alpha value is -2.31. The zero-order chi connectivity index (χ0) is 13.3. The van der Waals surface area contributed by atoms with E-state index in [1.54, 1.807) is 0 Å². The molecule has 0 aromatic heterocycles. The minimum Gasteiger partial charge on any atom is -0.504 e. The number of phenolic OH excluding ortho intramolecular Hbond substituents is 1. The number of carbonyl (C=O) groups is 2. The molecule has 1 aromatic carbocycles. The van der Waals surface area contributed by atoms with Gasteiger partial charge in [-0.15, -0.1) is 0 Å². The molecule has 18 heavy (non-hydrogen) atoms. The summed E-state index contributed by atoms with van der Waals surface area (Å²) in [6, 6.07) is 0.856. The number of phenols is 1. The van der Waals surface area contributed by atoms with Crippen molar-refractivity contribution in [2.45, 2.75) is 6.42 Å². The predicted molar refractivity (Wildman–Crippen MR) is 55.6 cm³/mol. The second-order valence-electron chi connectivity index (χ2n) is 3.59. The summed E-state index contributed by atoms with van der Waals surface area (Å²) in [5.74, 6) is -5.78. The SMILES string of the molecule is O=C(O)C(=O)c1c(O)c(F)cc2c1OCCCO2. The van der Waals surface area contributed by atoms with Crippen molar-refractivity contribution in [3.05, 3.63) is 17.4 Å². The van der Waals surface area contributed by atoms with Crippen molar-refractivity contribution in [2.24, 2.45) is 0 Å². The normalized spacial score (nSPS) is 13.8. The fourth-order valence-corrected chi connectivity index (χ4v) is 1.58. The number of Topliss-reactive ketones (excluding diaryl/α,β-unsaturated/α-hetero) is 1. The smallest absolute Gasteiger partial charge is 0.377 e. The van der Waals surface area contributed by atoms with Crippen molar-refractivity contribution < 1.29 is 33.7 Å². The van der Waals surface area contributed by atoms with Crippen LogP contribution in [0.25, 0.3) is 0 Å². The number of aliphatic carboxylic acids is 1. The number of carboxylic acid groups (broad SMARTS) is 1. The number of halogens is 1. The second kappa shape index (κ2) is 4.52. The third kappa shape index (κ3) is 1.94. The summed E-state index contributed by atoms with van der Waals surface area (Å²) in [4.78, 5) is 22.1. The van der Waals surface area contributed by atoms with Gasteiger partial charge >= 0.3 is 5.97 Å². The number of benzene rings is 1. The Bertz CT molecular complexity index is 525. The van der Waals surface area contributed by atoms with Crippen LogP contribution in [0.2, 0.25) is 0 Å². The van der Waals surface area contributed by atoms with Crippen LogP contribution in [0, 0.1) is 5.82 Å². The molecule has 2 rings (SSSR count). The second-order valence-corrected chi connectivity index (χ2v) is 3.59. The summed E-state index contributed by atoms with van der Waals surface area (Å²) >= 11 is 0. The maximum Gasteiger partial charge on any atom is 0.377 e.